The van der Waals surface area contributed by atoms with Crippen molar-refractivity contribution in [1.82, 2.24) is 19.8 Å². The molecular formula is C19H20N4O3S. The second-order valence-corrected chi connectivity index (χ2v) is 7.54. The van der Waals surface area contributed by atoms with Gasteiger partial charge in [-0.15, -0.1) is 11.3 Å². The molecule has 0 bridgehead atoms. The lowest BCUT2D eigenvalue weighted by atomic mass is 10.0. The van der Waals surface area contributed by atoms with E-state index in [1.165, 1.54) is 11.3 Å². The molecule has 7 nitrogen and oxygen atoms in total. The van der Waals surface area contributed by atoms with Gasteiger partial charge in [0.1, 0.15) is 0 Å². The van der Waals surface area contributed by atoms with Gasteiger partial charge >= 0.3 is 5.69 Å². The number of carbonyl (C=O) groups is 2. The normalized spacial score (nSPS) is 15.2. The van der Waals surface area contributed by atoms with Crippen LogP contribution in [-0.4, -0.2) is 45.9 Å². The van der Waals surface area contributed by atoms with E-state index in [0.29, 0.717) is 30.8 Å². The number of nitrogens with one attached hydrogen (secondary N) is 2. The third kappa shape index (κ3) is 3.52. The molecule has 4 rings (SSSR count). The zero-order valence-corrected chi connectivity index (χ0v) is 15.5. The number of rotatable bonds is 4. The molecule has 8 heteroatoms. The minimum Gasteiger partial charge on any atom is -0.342 e. The molecule has 2 amide bonds. The van der Waals surface area contributed by atoms with Gasteiger partial charge in [-0.2, -0.15) is 0 Å². The summed E-state index contributed by atoms with van der Waals surface area (Å²) in [4.78, 5) is 41.9. The molecule has 1 fully saturated rings. The highest BCUT2D eigenvalue weighted by atomic mass is 32.1. The third-order valence-corrected chi connectivity index (χ3v) is 5.82. The first kappa shape index (κ1) is 17.5. The van der Waals surface area contributed by atoms with Crippen molar-refractivity contribution < 1.29 is 9.59 Å². The topological polar surface area (TPSA) is 87.2 Å². The van der Waals surface area contributed by atoms with Gasteiger partial charge in [0.25, 0.3) is 5.91 Å². The number of aromatic amines is 1. The number of amides is 2. The van der Waals surface area contributed by atoms with Gasteiger partial charge in [-0.05, 0) is 36.4 Å². The molecule has 0 saturated carbocycles. The quantitative estimate of drug-likeness (QED) is 0.721. The summed E-state index contributed by atoms with van der Waals surface area (Å²) in [7, 11) is 0. The SMILES string of the molecule is O=C(NCC(=O)N1CCC(n2c(=O)[nH]c3ccccc32)CC1)c1cccs1. The van der Waals surface area contributed by atoms with E-state index in [4.69, 9.17) is 0 Å². The Bertz CT molecular complexity index is 1010. The Kier molecular flexibility index (Phi) is 4.81. The van der Waals surface area contributed by atoms with Crippen molar-refractivity contribution in [2.75, 3.05) is 19.6 Å². The Morgan fingerprint density at radius 2 is 1.93 bits per heavy atom. The second-order valence-electron chi connectivity index (χ2n) is 6.59. The van der Waals surface area contributed by atoms with Gasteiger partial charge in [-0.25, -0.2) is 4.79 Å². The van der Waals surface area contributed by atoms with Crippen LogP contribution < -0.4 is 11.0 Å². The molecule has 140 valence electrons. The zero-order chi connectivity index (χ0) is 18.8. The van der Waals surface area contributed by atoms with Crippen LogP contribution in [0.15, 0.2) is 46.6 Å². The first-order valence-corrected chi connectivity index (χ1v) is 9.80. The first-order chi connectivity index (χ1) is 13.1. The highest BCUT2D eigenvalue weighted by Gasteiger charge is 2.26. The molecule has 2 aromatic heterocycles. The number of thiophene rings is 1. The van der Waals surface area contributed by atoms with Crippen LogP contribution in [0.2, 0.25) is 0 Å². The number of hydrogen-bond donors (Lipinski definition) is 2. The third-order valence-electron chi connectivity index (χ3n) is 4.95. The predicted octanol–water partition coefficient (Wildman–Crippen LogP) is 1.98. The van der Waals surface area contributed by atoms with Gasteiger partial charge in [0, 0.05) is 19.1 Å². The van der Waals surface area contributed by atoms with Crippen LogP contribution in [0.4, 0.5) is 0 Å². The van der Waals surface area contributed by atoms with Crippen LogP contribution in [0.25, 0.3) is 11.0 Å². The highest BCUT2D eigenvalue weighted by molar-refractivity contribution is 7.12. The fourth-order valence-corrected chi connectivity index (χ4v) is 4.21. The molecule has 0 atom stereocenters. The van der Waals surface area contributed by atoms with Gasteiger partial charge in [-0.3, -0.25) is 14.2 Å². The smallest absolute Gasteiger partial charge is 0.326 e. The first-order valence-electron chi connectivity index (χ1n) is 8.92. The number of benzene rings is 1. The number of piperidine rings is 1. The van der Waals surface area contributed by atoms with E-state index in [-0.39, 0.29) is 30.1 Å². The Morgan fingerprint density at radius 3 is 2.67 bits per heavy atom. The maximum absolute atomic E-state index is 12.4. The average Bonchev–Trinajstić information content (AvgIpc) is 3.33. The fraction of sp³-hybridized carbons (Fsp3) is 0.316. The van der Waals surface area contributed by atoms with Crippen LogP contribution in [0.1, 0.15) is 28.6 Å². The van der Waals surface area contributed by atoms with Crippen molar-refractivity contribution in [3.8, 4) is 0 Å². The molecule has 3 heterocycles. The summed E-state index contributed by atoms with van der Waals surface area (Å²) in [6.07, 6.45) is 1.43. The molecule has 0 aliphatic carbocycles. The van der Waals surface area contributed by atoms with E-state index in [2.05, 4.69) is 10.3 Å². The molecule has 1 aromatic carbocycles. The number of H-pyrrole nitrogens is 1. The van der Waals surface area contributed by atoms with Crippen LogP contribution in [0.5, 0.6) is 0 Å². The number of para-hydroxylation sites is 2. The number of hydrogen-bond acceptors (Lipinski definition) is 4. The molecule has 0 spiro atoms. The Hall–Kier alpha value is -2.87. The van der Waals surface area contributed by atoms with Gasteiger partial charge in [-0.1, -0.05) is 18.2 Å². The molecule has 2 N–H and O–H groups in total. The van der Waals surface area contributed by atoms with Crippen molar-refractivity contribution in [2.45, 2.75) is 18.9 Å². The zero-order valence-electron chi connectivity index (χ0n) is 14.7. The molecule has 0 radical (unpaired) electrons. The van der Waals surface area contributed by atoms with Gasteiger partial charge in [0.2, 0.25) is 5.91 Å². The van der Waals surface area contributed by atoms with E-state index in [9.17, 15) is 14.4 Å². The number of likely N-dealkylation sites (tertiary alicyclic amines) is 1. The molecule has 1 aliphatic rings. The summed E-state index contributed by atoms with van der Waals surface area (Å²) in [5, 5.41) is 4.50. The van der Waals surface area contributed by atoms with Crippen LogP contribution in [0.3, 0.4) is 0 Å². The Morgan fingerprint density at radius 1 is 1.15 bits per heavy atom. The molecule has 1 saturated heterocycles. The second kappa shape index (κ2) is 7.40. The minimum atomic E-state index is -0.224. The van der Waals surface area contributed by atoms with Gasteiger partial charge in [0.05, 0.1) is 22.5 Å². The van der Waals surface area contributed by atoms with Crippen molar-refractivity contribution >= 4 is 34.2 Å². The van der Waals surface area contributed by atoms with Crippen molar-refractivity contribution in [2.24, 2.45) is 0 Å². The summed E-state index contributed by atoms with van der Waals surface area (Å²) in [5.41, 5.74) is 1.62. The molecular weight excluding hydrogens is 364 g/mol. The maximum atomic E-state index is 12.4. The summed E-state index contributed by atoms with van der Waals surface area (Å²) >= 11 is 1.35. The predicted molar refractivity (Wildman–Crippen MR) is 104 cm³/mol. The molecule has 1 aliphatic heterocycles. The van der Waals surface area contributed by atoms with E-state index in [1.807, 2.05) is 29.6 Å². The van der Waals surface area contributed by atoms with Crippen molar-refractivity contribution in [1.29, 1.82) is 0 Å². The van der Waals surface area contributed by atoms with E-state index in [1.54, 1.807) is 21.6 Å². The van der Waals surface area contributed by atoms with Crippen LogP contribution >= 0.6 is 11.3 Å². The van der Waals surface area contributed by atoms with E-state index in [0.717, 1.165) is 11.0 Å². The monoisotopic (exact) mass is 384 g/mol. The summed E-state index contributed by atoms with van der Waals surface area (Å²) in [5.74, 6) is -0.316. The van der Waals surface area contributed by atoms with Gasteiger partial charge < -0.3 is 15.2 Å². The maximum Gasteiger partial charge on any atom is 0.326 e. The fourth-order valence-electron chi connectivity index (χ4n) is 3.57. The number of nitrogens with zero attached hydrogens (tertiary/aromatic N) is 2. The van der Waals surface area contributed by atoms with Crippen molar-refractivity contribution in [3.05, 3.63) is 57.1 Å². The minimum absolute atomic E-state index is 0.00552. The summed E-state index contributed by atoms with van der Waals surface area (Å²) < 4.78 is 1.80. The lowest BCUT2D eigenvalue weighted by Crippen LogP contribution is -2.45. The summed E-state index contributed by atoms with van der Waals surface area (Å²) in [6.45, 7) is 1.14. The Labute approximate surface area is 159 Å². The molecule has 0 unspecified atom stereocenters. The number of aromatic nitrogens is 2. The van der Waals surface area contributed by atoms with Crippen LogP contribution in [-0.2, 0) is 4.79 Å². The summed E-state index contributed by atoms with van der Waals surface area (Å²) in [6, 6.07) is 11.2. The molecule has 27 heavy (non-hydrogen) atoms. The average molecular weight is 384 g/mol. The lowest BCUT2D eigenvalue weighted by molar-refractivity contribution is -0.131. The lowest BCUT2D eigenvalue weighted by Gasteiger charge is -2.32. The van der Waals surface area contributed by atoms with Gasteiger partial charge in [0.15, 0.2) is 0 Å². The Balaban J connectivity index is 1.36. The van der Waals surface area contributed by atoms with E-state index < -0.39 is 0 Å². The molecule has 3 aromatic rings. The van der Waals surface area contributed by atoms with Crippen LogP contribution in [0, 0.1) is 0 Å². The van der Waals surface area contributed by atoms with E-state index >= 15 is 0 Å². The number of fused-ring (bicyclic) bond motifs is 1. The largest absolute Gasteiger partial charge is 0.342 e. The van der Waals surface area contributed by atoms with Crippen molar-refractivity contribution in [3.63, 3.8) is 0 Å². The highest BCUT2D eigenvalue weighted by Crippen LogP contribution is 2.24. The number of imidazole rings is 1. The number of carbonyl (C=O) groups excluding carboxylic acids is 2. The standard InChI is InChI=1S/C19H20N4O3S/c24-17(12-20-18(25)16-6-3-11-27-16)22-9-7-13(8-10-22)23-15-5-2-1-4-14(15)21-19(23)26/h1-6,11,13H,7-10,12H2,(H,20,25)(H,21,26).